The molecule has 0 aliphatic carbocycles. The van der Waals surface area contributed by atoms with Gasteiger partial charge in [-0.25, -0.2) is 8.42 Å². The summed E-state index contributed by atoms with van der Waals surface area (Å²) in [6, 6.07) is 9.79. The van der Waals surface area contributed by atoms with Crippen LogP contribution in [0.4, 0.5) is 0 Å². The largest absolute Gasteiger partial charge is 0.350 e. The first kappa shape index (κ1) is 15.0. The summed E-state index contributed by atoms with van der Waals surface area (Å²) in [7, 11) is -2.85. The summed E-state index contributed by atoms with van der Waals surface area (Å²) in [5.74, 6) is 0.644. The number of benzene rings is 1. The lowest BCUT2D eigenvalue weighted by Gasteiger charge is -2.22. The molecular weight excluding hydrogens is 274 g/mol. The molecule has 5 heteroatoms. The summed E-state index contributed by atoms with van der Waals surface area (Å²) < 4.78 is 22.7. The Hall–Kier alpha value is -1.36. The monoisotopic (exact) mass is 295 g/mol. The standard InChI is InChI=1S/C15H21NO3S/c1-12(14-5-3-2-4-6-14)16-15(17)11-13-7-9-20(18,19)10-8-13/h2-6,12-13H,7-11H2,1H3,(H,16,17). The minimum atomic E-state index is -2.85. The van der Waals surface area contributed by atoms with Gasteiger partial charge < -0.3 is 5.32 Å². The van der Waals surface area contributed by atoms with Gasteiger partial charge in [-0.05, 0) is 31.2 Å². The Balaban J connectivity index is 1.81. The first-order valence-corrected chi connectivity index (χ1v) is 8.83. The van der Waals surface area contributed by atoms with Crippen LogP contribution in [0, 0.1) is 5.92 Å². The molecule has 0 radical (unpaired) electrons. The molecule has 1 heterocycles. The molecule has 0 aromatic heterocycles. The molecule has 1 saturated heterocycles. The quantitative estimate of drug-likeness (QED) is 0.925. The lowest BCUT2D eigenvalue weighted by atomic mass is 9.98. The molecule has 0 saturated carbocycles. The van der Waals surface area contributed by atoms with Crippen molar-refractivity contribution in [3.63, 3.8) is 0 Å². The van der Waals surface area contributed by atoms with Gasteiger partial charge in [-0.1, -0.05) is 30.3 Å². The average Bonchev–Trinajstić information content (AvgIpc) is 2.42. The molecule has 1 aliphatic heterocycles. The van der Waals surface area contributed by atoms with Crippen LogP contribution in [0.3, 0.4) is 0 Å². The van der Waals surface area contributed by atoms with Gasteiger partial charge in [0.2, 0.25) is 5.91 Å². The Morgan fingerprint density at radius 3 is 2.45 bits per heavy atom. The second-order valence-corrected chi connectivity index (χ2v) is 7.80. The summed E-state index contributed by atoms with van der Waals surface area (Å²) in [5, 5.41) is 2.98. The molecule has 0 bridgehead atoms. The maximum atomic E-state index is 12.0. The zero-order valence-corrected chi connectivity index (χ0v) is 12.5. The Bertz CT molecular complexity index is 540. The first-order valence-electron chi connectivity index (χ1n) is 7.01. The fourth-order valence-electron chi connectivity index (χ4n) is 2.53. The van der Waals surface area contributed by atoms with E-state index >= 15 is 0 Å². The van der Waals surface area contributed by atoms with E-state index in [9.17, 15) is 13.2 Å². The van der Waals surface area contributed by atoms with Gasteiger partial charge in [0.15, 0.2) is 0 Å². The van der Waals surface area contributed by atoms with E-state index in [1.165, 1.54) is 0 Å². The SMILES string of the molecule is CC(NC(=O)CC1CCS(=O)(=O)CC1)c1ccccc1. The lowest BCUT2D eigenvalue weighted by molar-refractivity contribution is -0.122. The first-order chi connectivity index (χ1) is 9.46. The van der Waals surface area contributed by atoms with E-state index in [0.29, 0.717) is 19.3 Å². The molecule has 1 fully saturated rings. The zero-order chi connectivity index (χ0) is 14.6. The van der Waals surface area contributed by atoms with Gasteiger partial charge in [-0.15, -0.1) is 0 Å². The topological polar surface area (TPSA) is 63.2 Å². The Kier molecular flexibility index (Phi) is 4.81. The van der Waals surface area contributed by atoms with Gasteiger partial charge in [-0.3, -0.25) is 4.79 Å². The lowest BCUT2D eigenvalue weighted by Crippen LogP contribution is -2.31. The number of sulfone groups is 1. The van der Waals surface area contributed by atoms with Gasteiger partial charge >= 0.3 is 0 Å². The van der Waals surface area contributed by atoms with Crippen molar-refractivity contribution < 1.29 is 13.2 Å². The van der Waals surface area contributed by atoms with Crippen LogP contribution in [0.25, 0.3) is 0 Å². The Morgan fingerprint density at radius 1 is 1.25 bits per heavy atom. The highest BCUT2D eigenvalue weighted by atomic mass is 32.2. The Labute approximate surface area is 120 Å². The van der Waals surface area contributed by atoms with Crippen molar-refractivity contribution in [3.8, 4) is 0 Å². The molecule has 1 aliphatic rings. The Morgan fingerprint density at radius 2 is 1.85 bits per heavy atom. The normalized spacial score (nSPS) is 20.2. The third kappa shape index (κ3) is 4.34. The fourth-order valence-corrected chi connectivity index (χ4v) is 4.12. The van der Waals surface area contributed by atoms with Crippen LogP contribution in [0.5, 0.6) is 0 Å². The van der Waals surface area contributed by atoms with Gasteiger partial charge in [0.1, 0.15) is 9.84 Å². The van der Waals surface area contributed by atoms with Crippen LogP contribution in [-0.2, 0) is 14.6 Å². The molecule has 1 aromatic rings. The van der Waals surface area contributed by atoms with Crippen molar-refractivity contribution >= 4 is 15.7 Å². The van der Waals surface area contributed by atoms with Crippen LogP contribution in [0.2, 0.25) is 0 Å². The van der Waals surface area contributed by atoms with Crippen molar-refractivity contribution in [2.24, 2.45) is 5.92 Å². The predicted octanol–water partition coefficient (Wildman–Crippen LogP) is 2.08. The number of amides is 1. The summed E-state index contributed by atoms with van der Waals surface area (Å²) >= 11 is 0. The number of nitrogens with one attached hydrogen (secondary N) is 1. The van der Waals surface area contributed by atoms with E-state index in [1.54, 1.807) is 0 Å². The molecule has 20 heavy (non-hydrogen) atoms. The number of rotatable bonds is 4. The summed E-state index contributed by atoms with van der Waals surface area (Å²) in [6.07, 6.45) is 1.64. The minimum Gasteiger partial charge on any atom is -0.350 e. The summed E-state index contributed by atoms with van der Waals surface area (Å²) in [5.41, 5.74) is 1.08. The molecule has 1 amide bonds. The van der Waals surface area contributed by atoms with E-state index < -0.39 is 9.84 Å². The third-order valence-electron chi connectivity index (χ3n) is 3.83. The molecule has 1 unspecified atom stereocenters. The van der Waals surface area contributed by atoms with Crippen LogP contribution < -0.4 is 5.32 Å². The highest BCUT2D eigenvalue weighted by Crippen LogP contribution is 2.22. The van der Waals surface area contributed by atoms with Gasteiger partial charge in [-0.2, -0.15) is 0 Å². The zero-order valence-electron chi connectivity index (χ0n) is 11.7. The van der Waals surface area contributed by atoms with Gasteiger partial charge in [0.25, 0.3) is 0 Å². The van der Waals surface area contributed by atoms with E-state index in [1.807, 2.05) is 37.3 Å². The molecule has 1 N–H and O–H groups in total. The van der Waals surface area contributed by atoms with Crippen molar-refractivity contribution in [2.45, 2.75) is 32.2 Å². The predicted molar refractivity (Wildman–Crippen MR) is 79.0 cm³/mol. The summed E-state index contributed by atoms with van der Waals surface area (Å²) in [6.45, 7) is 1.96. The molecule has 0 spiro atoms. The van der Waals surface area contributed by atoms with Crippen molar-refractivity contribution in [1.82, 2.24) is 5.32 Å². The molecule has 2 rings (SSSR count). The van der Waals surface area contributed by atoms with E-state index in [4.69, 9.17) is 0 Å². The van der Waals surface area contributed by atoms with Crippen molar-refractivity contribution in [1.29, 1.82) is 0 Å². The molecule has 4 nitrogen and oxygen atoms in total. The number of hydrogen-bond acceptors (Lipinski definition) is 3. The molecular formula is C15H21NO3S. The molecule has 1 atom stereocenters. The number of carbonyl (C=O) groups is 1. The number of carbonyl (C=O) groups excluding carboxylic acids is 1. The maximum Gasteiger partial charge on any atom is 0.220 e. The third-order valence-corrected chi connectivity index (χ3v) is 5.54. The van der Waals surface area contributed by atoms with Crippen LogP contribution in [-0.4, -0.2) is 25.8 Å². The van der Waals surface area contributed by atoms with Gasteiger partial charge in [0, 0.05) is 6.42 Å². The van der Waals surface area contributed by atoms with Crippen molar-refractivity contribution in [3.05, 3.63) is 35.9 Å². The molecule has 110 valence electrons. The number of hydrogen-bond donors (Lipinski definition) is 1. The fraction of sp³-hybridized carbons (Fsp3) is 0.533. The van der Waals surface area contributed by atoms with Gasteiger partial charge in [0.05, 0.1) is 17.5 Å². The van der Waals surface area contributed by atoms with Crippen molar-refractivity contribution in [2.75, 3.05) is 11.5 Å². The summed E-state index contributed by atoms with van der Waals surface area (Å²) in [4.78, 5) is 12.0. The van der Waals surface area contributed by atoms with Crippen LogP contribution in [0.15, 0.2) is 30.3 Å². The highest BCUT2D eigenvalue weighted by Gasteiger charge is 2.25. The smallest absolute Gasteiger partial charge is 0.220 e. The van der Waals surface area contributed by atoms with Crippen LogP contribution >= 0.6 is 0 Å². The highest BCUT2D eigenvalue weighted by molar-refractivity contribution is 7.91. The second-order valence-electron chi connectivity index (χ2n) is 5.50. The maximum absolute atomic E-state index is 12.0. The van der Waals surface area contributed by atoms with E-state index in [0.717, 1.165) is 5.56 Å². The van der Waals surface area contributed by atoms with Crippen LogP contribution in [0.1, 0.15) is 37.8 Å². The molecule has 1 aromatic carbocycles. The van der Waals surface area contributed by atoms with E-state index in [2.05, 4.69) is 5.32 Å². The average molecular weight is 295 g/mol. The minimum absolute atomic E-state index is 0.00523. The van der Waals surface area contributed by atoms with E-state index in [-0.39, 0.29) is 29.4 Å². The second kappa shape index (κ2) is 6.39.